The van der Waals surface area contributed by atoms with E-state index in [0.717, 1.165) is 24.4 Å². The molecule has 2 aromatic rings. The second-order valence-electron chi connectivity index (χ2n) is 5.20. The molecule has 0 bridgehead atoms. The highest BCUT2D eigenvalue weighted by atomic mass is 16.5. The number of benzene rings is 1. The lowest BCUT2D eigenvalue weighted by molar-refractivity contribution is -0.118. The van der Waals surface area contributed by atoms with Crippen molar-refractivity contribution in [3.05, 3.63) is 43.0 Å². The van der Waals surface area contributed by atoms with E-state index in [9.17, 15) is 0 Å². The molecule has 1 aliphatic carbocycles. The molecule has 112 valence electrons. The van der Waals surface area contributed by atoms with Crippen LogP contribution in [0.2, 0.25) is 0 Å². The SMILES string of the molecule is CCOC1CC(Nc2cccc(-n3ccnc3)c2)C1OC. The number of nitrogens with one attached hydrogen (secondary N) is 1. The highest BCUT2D eigenvalue weighted by Crippen LogP contribution is 2.30. The number of hydrogen-bond acceptors (Lipinski definition) is 4. The van der Waals surface area contributed by atoms with Gasteiger partial charge in [0.05, 0.1) is 18.5 Å². The van der Waals surface area contributed by atoms with Crippen LogP contribution in [0.15, 0.2) is 43.0 Å². The Bertz CT molecular complexity index is 571. The van der Waals surface area contributed by atoms with Gasteiger partial charge in [0.2, 0.25) is 0 Å². The minimum Gasteiger partial charge on any atom is -0.379 e. The van der Waals surface area contributed by atoms with Crippen LogP contribution in [0.4, 0.5) is 5.69 Å². The summed E-state index contributed by atoms with van der Waals surface area (Å²) in [5.74, 6) is 0. The summed E-state index contributed by atoms with van der Waals surface area (Å²) in [4.78, 5) is 4.08. The van der Waals surface area contributed by atoms with Gasteiger partial charge in [-0.15, -0.1) is 0 Å². The van der Waals surface area contributed by atoms with E-state index in [2.05, 4.69) is 28.5 Å². The van der Waals surface area contributed by atoms with Crippen LogP contribution < -0.4 is 5.32 Å². The summed E-state index contributed by atoms with van der Waals surface area (Å²) < 4.78 is 13.2. The van der Waals surface area contributed by atoms with E-state index in [1.807, 2.05) is 23.8 Å². The van der Waals surface area contributed by atoms with E-state index in [4.69, 9.17) is 9.47 Å². The molecule has 21 heavy (non-hydrogen) atoms. The van der Waals surface area contributed by atoms with Crippen LogP contribution in [0.5, 0.6) is 0 Å². The molecule has 1 aliphatic rings. The maximum atomic E-state index is 5.65. The lowest BCUT2D eigenvalue weighted by Crippen LogP contribution is -2.56. The second-order valence-corrected chi connectivity index (χ2v) is 5.20. The van der Waals surface area contributed by atoms with E-state index >= 15 is 0 Å². The second kappa shape index (κ2) is 6.28. The van der Waals surface area contributed by atoms with Crippen LogP contribution in [0.1, 0.15) is 13.3 Å². The third-order valence-electron chi connectivity index (χ3n) is 3.90. The summed E-state index contributed by atoms with van der Waals surface area (Å²) >= 11 is 0. The Morgan fingerprint density at radius 3 is 3.05 bits per heavy atom. The first-order valence-electron chi connectivity index (χ1n) is 7.31. The molecule has 5 heteroatoms. The summed E-state index contributed by atoms with van der Waals surface area (Å²) in [5, 5.41) is 3.53. The van der Waals surface area contributed by atoms with Crippen LogP contribution >= 0.6 is 0 Å². The van der Waals surface area contributed by atoms with Gasteiger partial charge >= 0.3 is 0 Å². The monoisotopic (exact) mass is 287 g/mol. The molecule has 1 N–H and O–H groups in total. The summed E-state index contributed by atoms with van der Waals surface area (Å²) in [6.07, 6.45) is 6.80. The normalized spacial score (nSPS) is 24.6. The van der Waals surface area contributed by atoms with E-state index in [1.165, 1.54) is 0 Å². The van der Waals surface area contributed by atoms with E-state index in [-0.39, 0.29) is 12.2 Å². The molecule has 0 saturated heterocycles. The van der Waals surface area contributed by atoms with Crippen molar-refractivity contribution in [3.63, 3.8) is 0 Å². The highest BCUT2D eigenvalue weighted by Gasteiger charge is 2.42. The van der Waals surface area contributed by atoms with Gasteiger partial charge in [-0.3, -0.25) is 0 Å². The fourth-order valence-corrected chi connectivity index (χ4v) is 2.80. The van der Waals surface area contributed by atoms with Gasteiger partial charge in [0, 0.05) is 37.5 Å². The molecule has 1 heterocycles. The Balaban J connectivity index is 1.67. The molecule has 1 saturated carbocycles. The van der Waals surface area contributed by atoms with Gasteiger partial charge in [-0.05, 0) is 31.5 Å². The van der Waals surface area contributed by atoms with E-state index < -0.39 is 0 Å². The Morgan fingerprint density at radius 1 is 1.43 bits per heavy atom. The Hall–Kier alpha value is -1.85. The quantitative estimate of drug-likeness (QED) is 0.886. The predicted octanol–water partition coefficient (Wildman–Crippen LogP) is 2.48. The highest BCUT2D eigenvalue weighted by molar-refractivity contribution is 5.52. The summed E-state index contributed by atoms with van der Waals surface area (Å²) in [6, 6.07) is 8.58. The van der Waals surface area contributed by atoms with Gasteiger partial charge in [-0.2, -0.15) is 0 Å². The number of nitrogens with zero attached hydrogens (tertiary/aromatic N) is 2. The first kappa shape index (κ1) is 14.1. The minimum atomic E-state index is 0.113. The summed E-state index contributed by atoms with van der Waals surface area (Å²) in [7, 11) is 1.74. The van der Waals surface area contributed by atoms with Crippen molar-refractivity contribution in [2.24, 2.45) is 0 Å². The number of hydrogen-bond donors (Lipinski definition) is 1. The Morgan fingerprint density at radius 2 is 2.33 bits per heavy atom. The van der Waals surface area contributed by atoms with Crippen molar-refractivity contribution >= 4 is 5.69 Å². The molecule has 1 aromatic heterocycles. The van der Waals surface area contributed by atoms with Crippen molar-refractivity contribution < 1.29 is 9.47 Å². The zero-order valence-corrected chi connectivity index (χ0v) is 12.4. The minimum absolute atomic E-state index is 0.113. The van der Waals surface area contributed by atoms with Gasteiger partial charge < -0.3 is 19.4 Å². The fourth-order valence-electron chi connectivity index (χ4n) is 2.80. The molecule has 1 fully saturated rings. The van der Waals surface area contributed by atoms with Crippen molar-refractivity contribution in [3.8, 4) is 5.69 Å². The number of methoxy groups -OCH3 is 1. The number of rotatable bonds is 6. The Labute approximate surface area is 124 Å². The van der Waals surface area contributed by atoms with Gasteiger partial charge in [0.1, 0.15) is 6.10 Å². The van der Waals surface area contributed by atoms with Crippen LogP contribution in [-0.2, 0) is 9.47 Å². The zero-order chi connectivity index (χ0) is 14.7. The summed E-state index contributed by atoms with van der Waals surface area (Å²) in [6.45, 7) is 2.75. The van der Waals surface area contributed by atoms with Crippen molar-refractivity contribution in [1.29, 1.82) is 0 Å². The third kappa shape index (κ3) is 2.94. The average molecular weight is 287 g/mol. The molecule has 0 spiro atoms. The van der Waals surface area contributed by atoms with Crippen LogP contribution in [0.3, 0.4) is 0 Å². The molecule has 1 aromatic carbocycles. The molecule has 3 rings (SSSR count). The van der Waals surface area contributed by atoms with Crippen LogP contribution in [-0.4, -0.2) is 41.5 Å². The standard InChI is InChI=1S/C16H21N3O2/c1-3-21-15-10-14(16(15)20-2)18-12-5-4-6-13(9-12)19-8-7-17-11-19/h4-9,11,14-16,18H,3,10H2,1-2H3. The molecule has 0 aliphatic heterocycles. The molecule has 5 nitrogen and oxygen atoms in total. The number of anilines is 1. The first-order chi connectivity index (χ1) is 10.3. The average Bonchev–Trinajstić information content (AvgIpc) is 3.01. The maximum absolute atomic E-state index is 5.65. The zero-order valence-electron chi connectivity index (χ0n) is 12.4. The summed E-state index contributed by atoms with van der Waals surface area (Å²) in [5.41, 5.74) is 2.18. The van der Waals surface area contributed by atoms with Crippen LogP contribution in [0, 0.1) is 0 Å². The van der Waals surface area contributed by atoms with Crippen molar-refractivity contribution in [2.75, 3.05) is 19.0 Å². The molecule has 3 atom stereocenters. The van der Waals surface area contributed by atoms with Gasteiger partial charge in [-0.1, -0.05) is 6.07 Å². The van der Waals surface area contributed by atoms with Gasteiger partial charge in [-0.25, -0.2) is 4.98 Å². The molecule has 3 unspecified atom stereocenters. The molecule has 0 amide bonds. The van der Waals surface area contributed by atoms with E-state index in [0.29, 0.717) is 6.04 Å². The van der Waals surface area contributed by atoms with E-state index in [1.54, 1.807) is 19.6 Å². The topological polar surface area (TPSA) is 48.3 Å². The largest absolute Gasteiger partial charge is 0.379 e. The van der Waals surface area contributed by atoms with Gasteiger partial charge in [0.25, 0.3) is 0 Å². The fraction of sp³-hybridized carbons (Fsp3) is 0.438. The molecule has 0 radical (unpaired) electrons. The van der Waals surface area contributed by atoms with Crippen molar-refractivity contribution in [1.82, 2.24) is 9.55 Å². The third-order valence-corrected chi connectivity index (χ3v) is 3.90. The van der Waals surface area contributed by atoms with Gasteiger partial charge in [0.15, 0.2) is 0 Å². The lowest BCUT2D eigenvalue weighted by atomic mass is 9.85. The maximum Gasteiger partial charge on any atom is 0.103 e. The molecular formula is C16H21N3O2. The van der Waals surface area contributed by atoms with Crippen molar-refractivity contribution in [2.45, 2.75) is 31.6 Å². The number of ether oxygens (including phenoxy) is 2. The number of aromatic nitrogens is 2. The predicted molar refractivity (Wildman–Crippen MR) is 81.8 cm³/mol. The first-order valence-corrected chi connectivity index (χ1v) is 7.31. The smallest absolute Gasteiger partial charge is 0.103 e. The number of imidazole rings is 1. The Kier molecular flexibility index (Phi) is 4.22. The lowest BCUT2D eigenvalue weighted by Gasteiger charge is -2.43. The molecular weight excluding hydrogens is 266 g/mol. The van der Waals surface area contributed by atoms with Crippen LogP contribution in [0.25, 0.3) is 5.69 Å².